The molecule has 22 heavy (non-hydrogen) atoms. The zero-order valence-electron chi connectivity index (χ0n) is 12.0. The Labute approximate surface area is 127 Å². The van der Waals surface area contributed by atoms with Gasteiger partial charge in [0.25, 0.3) is 5.91 Å². The van der Waals surface area contributed by atoms with Gasteiger partial charge in [0.05, 0.1) is 6.54 Å². The van der Waals surface area contributed by atoms with E-state index in [-0.39, 0.29) is 19.7 Å². The van der Waals surface area contributed by atoms with Crippen LogP contribution in [0.1, 0.15) is 5.56 Å². The maximum absolute atomic E-state index is 11.7. The van der Waals surface area contributed by atoms with Gasteiger partial charge in [-0.25, -0.2) is 4.79 Å². The lowest BCUT2D eigenvalue weighted by Gasteiger charge is -2.39. The van der Waals surface area contributed by atoms with Crippen molar-refractivity contribution in [2.45, 2.75) is 12.3 Å². The maximum Gasteiger partial charge on any atom is 0.407 e. The van der Waals surface area contributed by atoms with Gasteiger partial charge in [0, 0.05) is 7.11 Å². The summed E-state index contributed by atoms with van der Waals surface area (Å²) in [5, 5.41) is 7.19. The van der Waals surface area contributed by atoms with E-state index < -0.39 is 23.6 Å². The van der Waals surface area contributed by atoms with Crippen LogP contribution in [0.4, 0.5) is 4.79 Å². The summed E-state index contributed by atoms with van der Waals surface area (Å²) < 4.78 is 9.94. The first-order chi connectivity index (χ1) is 10.6. The Kier molecular flexibility index (Phi) is 4.95. The zero-order valence-corrected chi connectivity index (χ0v) is 12.0. The summed E-state index contributed by atoms with van der Waals surface area (Å²) in [6.07, 6.45) is -0.719. The van der Waals surface area contributed by atoms with Gasteiger partial charge in [-0.2, -0.15) is 0 Å². The van der Waals surface area contributed by atoms with Crippen LogP contribution in [0.25, 0.3) is 0 Å². The molecule has 0 aromatic heterocycles. The molecule has 0 saturated carbocycles. The van der Waals surface area contributed by atoms with Crippen LogP contribution in [0.5, 0.6) is 0 Å². The molecular formula is C14H17N3O5. The second kappa shape index (κ2) is 6.90. The van der Waals surface area contributed by atoms with Crippen molar-refractivity contribution in [2.24, 2.45) is 0 Å². The number of carbonyl (C=O) groups is 3. The summed E-state index contributed by atoms with van der Waals surface area (Å²) in [6.45, 7) is -0.0166. The number of β-lactam (4-membered cyclic amide) rings is 1. The third-order valence-electron chi connectivity index (χ3n) is 3.16. The number of amides is 3. The molecule has 1 saturated heterocycles. The first kappa shape index (κ1) is 15.8. The third kappa shape index (κ3) is 3.73. The molecular weight excluding hydrogens is 290 g/mol. The number of benzene rings is 1. The van der Waals surface area contributed by atoms with Crippen LogP contribution in [-0.2, 0) is 25.7 Å². The highest BCUT2D eigenvalue weighted by molar-refractivity contribution is 5.95. The van der Waals surface area contributed by atoms with Crippen molar-refractivity contribution in [3.8, 4) is 0 Å². The highest BCUT2D eigenvalue weighted by Gasteiger charge is 2.48. The number of hydrogen-bond donors (Lipinski definition) is 3. The minimum atomic E-state index is -1.34. The highest BCUT2D eigenvalue weighted by atomic mass is 16.5. The van der Waals surface area contributed by atoms with Crippen molar-refractivity contribution < 1.29 is 23.9 Å². The lowest BCUT2D eigenvalue weighted by Crippen LogP contribution is -2.74. The maximum atomic E-state index is 11.7. The average Bonchev–Trinajstić information content (AvgIpc) is 2.55. The van der Waals surface area contributed by atoms with E-state index in [0.717, 1.165) is 5.56 Å². The summed E-state index contributed by atoms with van der Waals surface area (Å²) in [4.78, 5) is 34.5. The van der Waals surface area contributed by atoms with Crippen LogP contribution in [0.3, 0.4) is 0 Å². The third-order valence-corrected chi connectivity index (χ3v) is 3.16. The van der Waals surface area contributed by atoms with Crippen molar-refractivity contribution >= 4 is 17.9 Å². The molecule has 1 aliphatic heterocycles. The predicted molar refractivity (Wildman–Crippen MR) is 75.5 cm³/mol. The fourth-order valence-electron chi connectivity index (χ4n) is 1.83. The number of ether oxygens (including phenoxy) is 2. The van der Waals surface area contributed by atoms with E-state index in [4.69, 9.17) is 9.47 Å². The van der Waals surface area contributed by atoms with Gasteiger partial charge in [-0.05, 0) is 5.56 Å². The van der Waals surface area contributed by atoms with Crippen molar-refractivity contribution in [1.82, 2.24) is 16.0 Å². The average molecular weight is 307 g/mol. The van der Waals surface area contributed by atoms with Crippen molar-refractivity contribution in [3.05, 3.63) is 35.9 Å². The Bertz CT molecular complexity index is 559. The second-order valence-electron chi connectivity index (χ2n) is 4.68. The monoisotopic (exact) mass is 307 g/mol. The molecule has 8 nitrogen and oxygen atoms in total. The molecule has 1 aromatic rings. The molecule has 0 aliphatic carbocycles. The Balaban J connectivity index is 1.70. The molecule has 0 spiro atoms. The van der Waals surface area contributed by atoms with Gasteiger partial charge < -0.3 is 25.4 Å². The smallest absolute Gasteiger partial charge is 0.407 e. The molecule has 1 heterocycles. The molecule has 8 heteroatoms. The van der Waals surface area contributed by atoms with Gasteiger partial charge in [-0.3, -0.25) is 9.59 Å². The van der Waals surface area contributed by atoms with E-state index in [1.54, 1.807) is 0 Å². The van der Waals surface area contributed by atoms with Crippen molar-refractivity contribution in [1.29, 1.82) is 0 Å². The number of rotatable bonds is 6. The Morgan fingerprint density at radius 1 is 1.32 bits per heavy atom. The molecule has 1 unspecified atom stereocenters. The van der Waals surface area contributed by atoms with Gasteiger partial charge in [0.2, 0.25) is 11.6 Å². The number of hydrogen-bond acceptors (Lipinski definition) is 5. The molecule has 118 valence electrons. The van der Waals surface area contributed by atoms with E-state index in [0.29, 0.717) is 0 Å². The lowest BCUT2D eigenvalue weighted by atomic mass is 10.1. The summed E-state index contributed by atoms with van der Waals surface area (Å²) in [7, 11) is 1.32. The quantitative estimate of drug-likeness (QED) is 0.485. The number of alkyl carbamates (subject to hydrolysis) is 1. The fourth-order valence-corrected chi connectivity index (χ4v) is 1.83. The van der Waals surface area contributed by atoms with E-state index >= 15 is 0 Å². The molecule has 1 aliphatic rings. The van der Waals surface area contributed by atoms with Crippen molar-refractivity contribution in [2.75, 3.05) is 20.2 Å². The number of nitrogens with one attached hydrogen (secondary N) is 3. The Morgan fingerprint density at radius 3 is 2.59 bits per heavy atom. The Morgan fingerprint density at radius 2 is 2.05 bits per heavy atom. The summed E-state index contributed by atoms with van der Waals surface area (Å²) in [5.74, 6) is -0.969. The molecule has 0 bridgehead atoms. The van der Waals surface area contributed by atoms with Crippen LogP contribution < -0.4 is 16.0 Å². The first-order valence-electron chi connectivity index (χ1n) is 6.65. The van der Waals surface area contributed by atoms with E-state index in [1.807, 2.05) is 30.3 Å². The molecule has 2 rings (SSSR count). The fraction of sp³-hybridized carbons (Fsp3) is 0.357. The van der Waals surface area contributed by atoms with Crippen LogP contribution in [0, 0.1) is 0 Å². The van der Waals surface area contributed by atoms with Gasteiger partial charge in [-0.1, -0.05) is 30.3 Å². The topological polar surface area (TPSA) is 106 Å². The van der Waals surface area contributed by atoms with Crippen LogP contribution >= 0.6 is 0 Å². The van der Waals surface area contributed by atoms with E-state index in [9.17, 15) is 14.4 Å². The Hall–Kier alpha value is -2.61. The van der Waals surface area contributed by atoms with Crippen LogP contribution in [0.2, 0.25) is 0 Å². The lowest BCUT2D eigenvalue weighted by molar-refractivity contribution is -0.166. The van der Waals surface area contributed by atoms with Gasteiger partial charge >= 0.3 is 6.09 Å². The molecule has 1 aromatic carbocycles. The van der Waals surface area contributed by atoms with Crippen LogP contribution in [-0.4, -0.2) is 43.8 Å². The van der Waals surface area contributed by atoms with Gasteiger partial charge in [-0.15, -0.1) is 0 Å². The summed E-state index contributed by atoms with van der Waals surface area (Å²) in [6, 6.07) is 9.15. The second-order valence-corrected chi connectivity index (χ2v) is 4.68. The summed E-state index contributed by atoms with van der Waals surface area (Å²) in [5.41, 5.74) is -0.501. The van der Waals surface area contributed by atoms with E-state index in [2.05, 4.69) is 16.0 Å². The minimum Gasteiger partial charge on any atom is -0.445 e. The summed E-state index contributed by atoms with van der Waals surface area (Å²) >= 11 is 0. The molecule has 3 amide bonds. The minimum absolute atomic E-state index is 0.110. The molecule has 0 radical (unpaired) electrons. The highest BCUT2D eigenvalue weighted by Crippen LogP contribution is 2.12. The van der Waals surface area contributed by atoms with Crippen molar-refractivity contribution in [3.63, 3.8) is 0 Å². The van der Waals surface area contributed by atoms with Gasteiger partial charge in [0.15, 0.2) is 0 Å². The zero-order chi connectivity index (χ0) is 16.0. The molecule has 1 atom stereocenters. The van der Waals surface area contributed by atoms with Crippen LogP contribution in [0.15, 0.2) is 30.3 Å². The number of carbonyl (C=O) groups excluding carboxylic acids is 3. The van der Waals surface area contributed by atoms with Gasteiger partial charge in [0.1, 0.15) is 13.2 Å². The standard InChI is InChI=1S/C14H17N3O5/c1-21-14(9-16-12(14)19)17-11(18)7-15-13(20)22-8-10-5-3-2-4-6-10/h2-6H,7-9H2,1H3,(H,15,20)(H,16,19)(H,17,18). The SMILES string of the molecule is COC1(NC(=O)CNC(=O)OCc2ccccc2)CNC1=O. The number of methoxy groups -OCH3 is 1. The normalized spacial score (nSPS) is 19.6. The largest absolute Gasteiger partial charge is 0.445 e. The molecule has 1 fully saturated rings. The first-order valence-corrected chi connectivity index (χ1v) is 6.65. The molecule has 3 N–H and O–H groups in total. The predicted octanol–water partition coefficient (Wildman–Crippen LogP) is -0.498. The van der Waals surface area contributed by atoms with E-state index in [1.165, 1.54) is 7.11 Å².